The van der Waals surface area contributed by atoms with E-state index in [-0.39, 0.29) is 42.2 Å². The van der Waals surface area contributed by atoms with E-state index in [0.29, 0.717) is 25.3 Å². The quantitative estimate of drug-likeness (QED) is 0.234. The van der Waals surface area contributed by atoms with Gasteiger partial charge in [0.15, 0.2) is 0 Å². The van der Waals surface area contributed by atoms with Gasteiger partial charge in [0.1, 0.15) is 24.0 Å². The highest BCUT2D eigenvalue weighted by molar-refractivity contribution is 5.93. The van der Waals surface area contributed by atoms with Crippen LogP contribution in [0.1, 0.15) is 23.2 Å². The van der Waals surface area contributed by atoms with Crippen molar-refractivity contribution in [2.24, 2.45) is 0 Å². The van der Waals surface area contributed by atoms with Gasteiger partial charge in [0.2, 0.25) is 0 Å². The summed E-state index contributed by atoms with van der Waals surface area (Å²) >= 11 is 0. The van der Waals surface area contributed by atoms with Crippen LogP contribution in [0.4, 0.5) is 33.3 Å². The van der Waals surface area contributed by atoms with Crippen LogP contribution < -0.4 is 10.1 Å². The number of likely N-dealkylation sites (tertiary alicyclic amines) is 2. The number of fused-ring (bicyclic) bond motifs is 3. The van der Waals surface area contributed by atoms with E-state index in [2.05, 4.69) is 20.1 Å². The second-order valence-corrected chi connectivity index (χ2v) is 10.7. The van der Waals surface area contributed by atoms with Crippen LogP contribution in [0.3, 0.4) is 0 Å². The predicted molar refractivity (Wildman–Crippen MR) is 147 cm³/mol. The number of halogens is 5. The van der Waals surface area contributed by atoms with Crippen LogP contribution in [0.25, 0.3) is 10.9 Å². The predicted octanol–water partition coefficient (Wildman–Crippen LogP) is 6.92. The lowest BCUT2D eigenvalue weighted by atomic mass is 10.1. The Hall–Kier alpha value is -3.76. The van der Waals surface area contributed by atoms with E-state index in [4.69, 9.17) is 4.74 Å². The maximum Gasteiger partial charge on any atom is 0.416 e. The molecule has 2 atom stereocenters. The number of nitrogens with one attached hydrogen (secondary N) is 1. The van der Waals surface area contributed by atoms with Crippen LogP contribution in [0.15, 0.2) is 66.7 Å². The third-order valence-corrected chi connectivity index (χ3v) is 7.89. The molecule has 5 nitrogen and oxygen atoms in total. The summed E-state index contributed by atoms with van der Waals surface area (Å²) in [6.07, 6.45) is -3.66. The number of nitrogens with zero attached hydrogens (tertiary/aromatic N) is 3. The highest BCUT2D eigenvalue weighted by Gasteiger charge is 2.43. The van der Waals surface area contributed by atoms with Gasteiger partial charge >= 0.3 is 6.18 Å². The average molecular weight is 569 g/mol. The van der Waals surface area contributed by atoms with Gasteiger partial charge in [0.05, 0.1) is 11.1 Å². The van der Waals surface area contributed by atoms with E-state index >= 15 is 0 Å². The standard InChI is InChI=1S/C31H29F5N4O/c1-19-11-30(25-5-2-3-8-29(25)37-19)38-21-12-20(31(34,35)36)13-24(14-21)41-10-9-39-16-23-15-22(39)17-40(23)18-26-27(32)6-4-7-28(26)33/h2-8,11-14,22-23H,9-10,15-18H2,1H3,(H,37,38)/t22-,23-/m1/s1. The van der Waals surface area contributed by atoms with Crippen molar-refractivity contribution >= 4 is 22.3 Å². The number of hydrogen-bond donors (Lipinski definition) is 1. The molecular formula is C31H29F5N4O. The molecule has 4 aromatic rings. The molecule has 0 radical (unpaired) electrons. The Morgan fingerprint density at radius 1 is 0.927 bits per heavy atom. The minimum Gasteiger partial charge on any atom is -0.492 e. The molecule has 2 aliphatic rings. The monoisotopic (exact) mass is 568 g/mol. The molecule has 0 amide bonds. The topological polar surface area (TPSA) is 40.6 Å². The van der Waals surface area contributed by atoms with Gasteiger partial charge in [-0.05, 0) is 49.7 Å². The third kappa shape index (κ3) is 5.85. The van der Waals surface area contributed by atoms with Crippen LogP contribution in [-0.4, -0.2) is 53.1 Å². The molecule has 0 unspecified atom stereocenters. The molecule has 41 heavy (non-hydrogen) atoms. The van der Waals surface area contributed by atoms with Crippen LogP contribution in [-0.2, 0) is 12.7 Å². The fourth-order valence-electron chi connectivity index (χ4n) is 5.95. The molecule has 2 bridgehead atoms. The Labute approximate surface area is 234 Å². The summed E-state index contributed by atoms with van der Waals surface area (Å²) in [7, 11) is 0. The summed E-state index contributed by atoms with van der Waals surface area (Å²) in [4.78, 5) is 8.82. The van der Waals surface area contributed by atoms with E-state index in [9.17, 15) is 22.0 Å². The zero-order chi connectivity index (χ0) is 28.7. The second-order valence-electron chi connectivity index (χ2n) is 10.7. The van der Waals surface area contributed by atoms with Crippen molar-refractivity contribution in [1.82, 2.24) is 14.8 Å². The minimum absolute atomic E-state index is 0.0822. The van der Waals surface area contributed by atoms with E-state index < -0.39 is 23.4 Å². The SMILES string of the molecule is Cc1cc(Nc2cc(OCCN3C[C@H]4C[C@@H]3CN4Cc3c(F)cccc3F)cc(C(F)(F)F)c2)c2ccccc2n1. The van der Waals surface area contributed by atoms with Crippen molar-refractivity contribution in [3.05, 3.63) is 95.2 Å². The second kappa shape index (κ2) is 10.9. The van der Waals surface area contributed by atoms with E-state index in [1.807, 2.05) is 31.2 Å². The van der Waals surface area contributed by atoms with Crippen LogP contribution >= 0.6 is 0 Å². The first-order valence-electron chi connectivity index (χ1n) is 13.5. The molecule has 1 N–H and O–H groups in total. The van der Waals surface area contributed by atoms with Gasteiger partial charge in [-0.25, -0.2) is 8.78 Å². The lowest BCUT2D eigenvalue weighted by Gasteiger charge is -2.34. The number of hydrogen-bond acceptors (Lipinski definition) is 5. The molecule has 0 spiro atoms. The number of para-hydroxylation sites is 1. The Balaban J connectivity index is 1.11. The maximum atomic E-state index is 14.1. The van der Waals surface area contributed by atoms with Crippen LogP contribution in [0.5, 0.6) is 5.75 Å². The van der Waals surface area contributed by atoms with Crippen molar-refractivity contribution in [2.75, 3.05) is 31.6 Å². The van der Waals surface area contributed by atoms with Crippen molar-refractivity contribution < 1.29 is 26.7 Å². The van der Waals surface area contributed by atoms with Crippen molar-refractivity contribution in [3.63, 3.8) is 0 Å². The fraction of sp³-hybridized carbons (Fsp3) is 0.323. The number of aromatic nitrogens is 1. The number of aryl methyl sites for hydroxylation is 1. The zero-order valence-electron chi connectivity index (χ0n) is 22.4. The molecule has 0 saturated carbocycles. The molecule has 6 rings (SSSR count). The summed E-state index contributed by atoms with van der Waals surface area (Å²) in [6.45, 7) is 4.19. The summed E-state index contributed by atoms with van der Waals surface area (Å²) in [5.41, 5.74) is 1.69. The largest absolute Gasteiger partial charge is 0.492 e. The first kappa shape index (κ1) is 27.4. The van der Waals surface area contributed by atoms with Crippen molar-refractivity contribution in [2.45, 2.75) is 38.1 Å². The van der Waals surface area contributed by atoms with Crippen LogP contribution in [0, 0.1) is 18.6 Å². The Bertz CT molecular complexity index is 1560. The fourth-order valence-corrected chi connectivity index (χ4v) is 5.95. The molecule has 2 saturated heterocycles. The lowest BCUT2D eigenvalue weighted by molar-refractivity contribution is -0.137. The molecule has 3 aromatic carbocycles. The lowest BCUT2D eigenvalue weighted by Crippen LogP contribution is -2.47. The van der Waals surface area contributed by atoms with Gasteiger partial charge in [0, 0.05) is 72.3 Å². The number of ether oxygens (including phenoxy) is 1. The number of pyridine rings is 1. The molecule has 0 aliphatic carbocycles. The third-order valence-electron chi connectivity index (χ3n) is 7.89. The van der Waals surface area contributed by atoms with Crippen LogP contribution in [0.2, 0.25) is 0 Å². The van der Waals surface area contributed by atoms with Gasteiger partial charge < -0.3 is 10.1 Å². The number of piperazine rings is 1. The Morgan fingerprint density at radius 3 is 2.39 bits per heavy atom. The number of benzene rings is 3. The van der Waals surface area contributed by atoms with Crippen molar-refractivity contribution in [3.8, 4) is 5.75 Å². The average Bonchev–Trinajstić information content (AvgIpc) is 3.50. The Morgan fingerprint density at radius 2 is 1.66 bits per heavy atom. The van der Waals surface area contributed by atoms with Gasteiger partial charge in [-0.3, -0.25) is 14.8 Å². The van der Waals surface area contributed by atoms with Gasteiger partial charge in [-0.2, -0.15) is 13.2 Å². The molecular weight excluding hydrogens is 539 g/mol. The molecule has 2 aliphatic heterocycles. The van der Waals surface area contributed by atoms with Gasteiger partial charge in [0.25, 0.3) is 0 Å². The summed E-state index contributed by atoms with van der Waals surface area (Å²) < 4.78 is 75.4. The Kier molecular flexibility index (Phi) is 7.29. The normalized spacial score (nSPS) is 19.3. The van der Waals surface area contributed by atoms with Gasteiger partial charge in [-0.15, -0.1) is 0 Å². The summed E-state index contributed by atoms with van der Waals surface area (Å²) in [5, 5.41) is 3.94. The molecule has 214 valence electrons. The van der Waals surface area contributed by atoms with Gasteiger partial charge in [-0.1, -0.05) is 24.3 Å². The minimum atomic E-state index is -4.54. The molecule has 3 heterocycles. The smallest absolute Gasteiger partial charge is 0.416 e. The number of anilines is 2. The molecule has 10 heteroatoms. The van der Waals surface area contributed by atoms with Crippen molar-refractivity contribution in [1.29, 1.82) is 0 Å². The maximum absolute atomic E-state index is 14.1. The summed E-state index contributed by atoms with van der Waals surface area (Å²) in [5.74, 6) is -0.959. The number of rotatable bonds is 8. The van der Waals surface area contributed by atoms with E-state index in [1.165, 1.54) is 18.2 Å². The number of alkyl halides is 3. The molecule has 2 fully saturated rings. The highest BCUT2D eigenvalue weighted by atomic mass is 19.4. The zero-order valence-corrected chi connectivity index (χ0v) is 22.4. The van der Waals surface area contributed by atoms with E-state index in [1.54, 1.807) is 12.1 Å². The first-order chi connectivity index (χ1) is 19.6. The highest BCUT2D eigenvalue weighted by Crippen LogP contribution is 2.37. The summed E-state index contributed by atoms with van der Waals surface area (Å²) in [6, 6.07) is 17.2. The van der Waals surface area contributed by atoms with E-state index in [0.717, 1.165) is 35.2 Å². The first-order valence-corrected chi connectivity index (χ1v) is 13.5. The molecule has 1 aromatic heterocycles.